The van der Waals surface area contributed by atoms with Crippen molar-refractivity contribution in [2.45, 2.75) is 31.8 Å². The summed E-state index contributed by atoms with van der Waals surface area (Å²) in [6, 6.07) is 16.5. The van der Waals surface area contributed by atoms with Gasteiger partial charge < -0.3 is 14.8 Å². The highest BCUT2D eigenvalue weighted by Crippen LogP contribution is 2.38. The first-order valence-corrected chi connectivity index (χ1v) is 12.4. The van der Waals surface area contributed by atoms with Gasteiger partial charge in [0.25, 0.3) is 15.9 Å². The third kappa shape index (κ3) is 4.85. The molecule has 1 N–H and O–H groups in total. The summed E-state index contributed by atoms with van der Waals surface area (Å²) in [5, 5.41) is 2.77. The molecule has 0 saturated carbocycles. The largest absolute Gasteiger partial charge is 0.476 e. The second-order valence-corrected chi connectivity index (χ2v) is 10.3. The molecule has 9 heteroatoms. The standard InChI is InChI=1S/C26H26N2O6S/c1-16-5-10-20(11-6-16)35(31,32)28-15-24(34-23-12-7-17(2)13-22(23)28)25(29)27-21-14-19(26(30)33-4)9-8-18(21)3/h5-14,24H,15H2,1-4H3,(H,27,29)/t24-/m1/s1. The number of aryl methyl sites for hydroxylation is 3. The highest BCUT2D eigenvalue weighted by molar-refractivity contribution is 7.92. The van der Waals surface area contributed by atoms with Crippen LogP contribution < -0.4 is 14.4 Å². The number of carbonyl (C=O) groups excluding carboxylic acids is 2. The number of hydrogen-bond acceptors (Lipinski definition) is 6. The maximum atomic E-state index is 13.6. The molecule has 35 heavy (non-hydrogen) atoms. The van der Waals surface area contributed by atoms with Gasteiger partial charge in [-0.2, -0.15) is 0 Å². The van der Waals surface area contributed by atoms with Crippen molar-refractivity contribution < 1.29 is 27.5 Å². The number of methoxy groups -OCH3 is 1. The molecule has 0 fully saturated rings. The molecule has 1 heterocycles. The molecule has 8 nitrogen and oxygen atoms in total. The van der Waals surface area contributed by atoms with Crippen LogP contribution in [0.15, 0.2) is 65.6 Å². The highest BCUT2D eigenvalue weighted by atomic mass is 32.2. The van der Waals surface area contributed by atoms with E-state index in [1.165, 1.54) is 17.5 Å². The van der Waals surface area contributed by atoms with Gasteiger partial charge in [-0.15, -0.1) is 0 Å². The first kappa shape index (κ1) is 24.3. The van der Waals surface area contributed by atoms with Crippen LogP contribution in [-0.4, -0.2) is 40.1 Å². The average Bonchev–Trinajstić information content (AvgIpc) is 2.84. The molecule has 0 unspecified atom stereocenters. The molecule has 182 valence electrons. The van der Waals surface area contributed by atoms with E-state index in [9.17, 15) is 18.0 Å². The van der Waals surface area contributed by atoms with E-state index in [0.717, 1.165) is 16.7 Å². The Morgan fingerprint density at radius 1 is 0.971 bits per heavy atom. The molecular formula is C26H26N2O6S. The minimum atomic E-state index is -3.97. The number of nitrogens with one attached hydrogen (secondary N) is 1. The molecule has 0 bridgehead atoms. The summed E-state index contributed by atoms with van der Waals surface area (Å²) < 4.78 is 39.1. The lowest BCUT2D eigenvalue weighted by Gasteiger charge is -2.35. The first-order valence-electron chi connectivity index (χ1n) is 11.0. The summed E-state index contributed by atoms with van der Waals surface area (Å²) >= 11 is 0. The van der Waals surface area contributed by atoms with E-state index in [0.29, 0.717) is 11.4 Å². The molecule has 3 aromatic carbocycles. The summed E-state index contributed by atoms with van der Waals surface area (Å²) in [6.07, 6.45) is -1.12. The van der Waals surface area contributed by atoms with Gasteiger partial charge in [0.05, 0.1) is 29.8 Å². The minimum Gasteiger partial charge on any atom is -0.476 e. The Morgan fingerprint density at radius 3 is 2.34 bits per heavy atom. The van der Waals surface area contributed by atoms with Crippen molar-refractivity contribution in [2.24, 2.45) is 0 Å². The third-order valence-electron chi connectivity index (χ3n) is 5.80. The topological polar surface area (TPSA) is 102 Å². The molecule has 0 saturated heterocycles. The second-order valence-electron chi connectivity index (χ2n) is 8.44. The number of rotatable bonds is 5. The number of carbonyl (C=O) groups is 2. The zero-order valence-corrected chi connectivity index (χ0v) is 20.7. The molecular weight excluding hydrogens is 468 g/mol. The van der Waals surface area contributed by atoms with Crippen LogP contribution in [0.4, 0.5) is 11.4 Å². The Hall–Kier alpha value is -3.85. The van der Waals surface area contributed by atoms with E-state index in [1.54, 1.807) is 61.5 Å². The minimum absolute atomic E-state index is 0.123. The fourth-order valence-corrected chi connectivity index (χ4v) is 5.25. The number of amides is 1. The summed E-state index contributed by atoms with van der Waals surface area (Å²) in [7, 11) is -2.69. The van der Waals surface area contributed by atoms with Gasteiger partial charge in [0, 0.05) is 5.69 Å². The summed E-state index contributed by atoms with van der Waals surface area (Å²) in [4.78, 5) is 25.3. The lowest BCUT2D eigenvalue weighted by Crippen LogP contribution is -2.49. The Labute approximate surface area is 204 Å². The van der Waals surface area contributed by atoms with Gasteiger partial charge in [0.2, 0.25) is 0 Å². The van der Waals surface area contributed by atoms with E-state index in [1.807, 2.05) is 13.8 Å². The molecule has 0 radical (unpaired) electrons. The van der Waals surface area contributed by atoms with E-state index in [4.69, 9.17) is 9.47 Å². The molecule has 1 aliphatic heterocycles. The maximum Gasteiger partial charge on any atom is 0.337 e. The number of sulfonamides is 1. The quantitative estimate of drug-likeness (QED) is 0.538. The molecule has 0 spiro atoms. The third-order valence-corrected chi connectivity index (χ3v) is 7.60. The van der Waals surface area contributed by atoms with Crippen molar-refractivity contribution in [3.8, 4) is 5.75 Å². The van der Waals surface area contributed by atoms with Crippen LogP contribution >= 0.6 is 0 Å². The Balaban J connectivity index is 1.68. The maximum absolute atomic E-state index is 13.6. The SMILES string of the molecule is COC(=O)c1ccc(C)c(NC(=O)[C@H]2CN(S(=O)(=O)c3ccc(C)cc3)c3cc(C)ccc3O2)c1. The van der Waals surface area contributed by atoms with Gasteiger partial charge in [-0.1, -0.05) is 29.8 Å². The van der Waals surface area contributed by atoms with Gasteiger partial charge in [-0.25, -0.2) is 13.2 Å². The Morgan fingerprint density at radius 2 is 1.66 bits per heavy atom. The van der Waals surface area contributed by atoms with Crippen LogP contribution in [0.5, 0.6) is 5.75 Å². The number of hydrogen-bond donors (Lipinski definition) is 1. The van der Waals surface area contributed by atoms with Crippen molar-refractivity contribution in [3.05, 3.63) is 82.9 Å². The van der Waals surface area contributed by atoms with Gasteiger partial charge in [0.15, 0.2) is 6.10 Å². The molecule has 3 aromatic rings. The van der Waals surface area contributed by atoms with Crippen LogP contribution in [0, 0.1) is 20.8 Å². The lowest BCUT2D eigenvalue weighted by atomic mass is 10.1. The summed E-state index contributed by atoms with van der Waals surface area (Å²) in [5.41, 5.74) is 3.57. The van der Waals surface area contributed by atoms with Gasteiger partial charge in [-0.3, -0.25) is 9.10 Å². The number of benzene rings is 3. The zero-order valence-electron chi connectivity index (χ0n) is 19.9. The fourth-order valence-electron chi connectivity index (χ4n) is 3.78. The van der Waals surface area contributed by atoms with E-state index in [-0.39, 0.29) is 22.8 Å². The Bertz CT molecular complexity index is 1400. The normalized spacial score (nSPS) is 15.1. The van der Waals surface area contributed by atoms with Crippen molar-refractivity contribution in [1.29, 1.82) is 0 Å². The molecule has 0 aliphatic carbocycles. The van der Waals surface area contributed by atoms with E-state index in [2.05, 4.69) is 5.32 Å². The molecule has 4 rings (SSSR count). The molecule has 1 atom stereocenters. The van der Waals surface area contributed by atoms with E-state index < -0.39 is 28.0 Å². The predicted octanol–water partition coefficient (Wildman–Crippen LogP) is 3.99. The first-order chi connectivity index (χ1) is 16.6. The van der Waals surface area contributed by atoms with Gasteiger partial charge >= 0.3 is 5.97 Å². The fraction of sp³-hybridized carbons (Fsp3) is 0.231. The van der Waals surface area contributed by atoms with Crippen LogP contribution in [0.3, 0.4) is 0 Å². The number of nitrogens with zero attached hydrogens (tertiary/aromatic N) is 1. The average molecular weight is 495 g/mol. The van der Waals surface area contributed by atoms with Crippen molar-refractivity contribution >= 4 is 33.3 Å². The van der Waals surface area contributed by atoms with Crippen molar-refractivity contribution in [1.82, 2.24) is 0 Å². The number of fused-ring (bicyclic) bond motifs is 1. The lowest BCUT2D eigenvalue weighted by molar-refractivity contribution is -0.122. The molecule has 1 amide bonds. The van der Waals surface area contributed by atoms with Gasteiger partial charge in [-0.05, 0) is 68.3 Å². The monoisotopic (exact) mass is 494 g/mol. The van der Waals surface area contributed by atoms with Crippen LogP contribution in [0.1, 0.15) is 27.0 Å². The summed E-state index contributed by atoms with van der Waals surface area (Å²) in [5.74, 6) is -0.780. The number of anilines is 2. The van der Waals surface area contributed by atoms with Gasteiger partial charge in [0.1, 0.15) is 5.75 Å². The van der Waals surface area contributed by atoms with Crippen molar-refractivity contribution in [2.75, 3.05) is 23.3 Å². The zero-order chi connectivity index (χ0) is 25.3. The molecule has 0 aromatic heterocycles. The highest BCUT2D eigenvalue weighted by Gasteiger charge is 2.37. The smallest absolute Gasteiger partial charge is 0.337 e. The number of esters is 1. The second kappa shape index (κ2) is 9.42. The van der Waals surface area contributed by atoms with Crippen LogP contribution in [0.2, 0.25) is 0 Å². The van der Waals surface area contributed by atoms with E-state index >= 15 is 0 Å². The predicted molar refractivity (Wildman–Crippen MR) is 132 cm³/mol. The number of ether oxygens (including phenoxy) is 2. The Kier molecular flexibility index (Phi) is 6.53. The molecule has 1 aliphatic rings. The van der Waals surface area contributed by atoms with Crippen molar-refractivity contribution in [3.63, 3.8) is 0 Å². The van der Waals surface area contributed by atoms with Crippen LogP contribution in [-0.2, 0) is 19.6 Å². The summed E-state index contributed by atoms with van der Waals surface area (Å²) in [6.45, 7) is 5.30. The van der Waals surface area contributed by atoms with Crippen LogP contribution in [0.25, 0.3) is 0 Å².